The van der Waals surface area contributed by atoms with Crippen molar-refractivity contribution in [3.8, 4) is 28.4 Å². The number of benzene rings is 2. The van der Waals surface area contributed by atoms with Crippen molar-refractivity contribution in [2.45, 2.75) is 57.4 Å². The number of likely N-dealkylation sites (tertiary alicyclic amines) is 1. The van der Waals surface area contributed by atoms with Gasteiger partial charge in [0.1, 0.15) is 0 Å². The van der Waals surface area contributed by atoms with Crippen LogP contribution < -0.4 is 30.3 Å². The molecular weight excluding hydrogens is 570 g/mol. The first kappa shape index (κ1) is 31.9. The number of hydrogen-bond acceptors (Lipinski definition) is 7. The molecule has 9 heteroatoms. The molecular formula is C36H43N3O6. The highest BCUT2D eigenvalue weighted by Crippen LogP contribution is 2.50. The van der Waals surface area contributed by atoms with Crippen LogP contribution in [-0.4, -0.2) is 57.7 Å². The van der Waals surface area contributed by atoms with E-state index in [1.54, 1.807) is 33.5 Å². The molecule has 1 atom stereocenters. The van der Waals surface area contributed by atoms with Gasteiger partial charge < -0.3 is 29.7 Å². The Morgan fingerprint density at radius 1 is 0.911 bits per heavy atom. The molecule has 3 aromatic rings. The molecule has 3 aromatic carbocycles. The smallest absolute Gasteiger partial charge is 0.222 e. The minimum Gasteiger partial charge on any atom is -0.493 e. The lowest BCUT2D eigenvalue weighted by Crippen LogP contribution is -2.38. The maximum Gasteiger partial charge on any atom is 0.222 e. The normalized spacial score (nSPS) is 16.1. The second kappa shape index (κ2) is 14.5. The van der Waals surface area contributed by atoms with Crippen LogP contribution in [0.2, 0.25) is 0 Å². The van der Waals surface area contributed by atoms with E-state index in [4.69, 9.17) is 14.2 Å². The van der Waals surface area contributed by atoms with Crippen molar-refractivity contribution < 1.29 is 23.8 Å². The Kier molecular flexibility index (Phi) is 10.3. The topological polar surface area (TPSA) is 106 Å². The molecule has 9 nitrogen and oxygen atoms in total. The summed E-state index contributed by atoms with van der Waals surface area (Å²) in [4.78, 5) is 40.6. The van der Waals surface area contributed by atoms with Gasteiger partial charge in [-0.05, 0) is 78.5 Å². The van der Waals surface area contributed by atoms with Crippen LogP contribution >= 0.6 is 0 Å². The van der Waals surface area contributed by atoms with E-state index in [-0.39, 0.29) is 23.3 Å². The monoisotopic (exact) mass is 613 g/mol. The van der Waals surface area contributed by atoms with Crippen molar-refractivity contribution in [3.05, 3.63) is 81.5 Å². The van der Waals surface area contributed by atoms with E-state index in [1.165, 1.54) is 12.5 Å². The number of carbonyl (C=O) groups is 2. The molecule has 2 amide bonds. The number of ether oxygens (including phenoxy) is 3. The number of hydrogen-bond donors (Lipinski definition) is 2. The van der Waals surface area contributed by atoms with Gasteiger partial charge in [0.15, 0.2) is 11.5 Å². The summed E-state index contributed by atoms with van der Waals surface area (Å²) < 4.78 is 17.1. The standard InChI is InChI=1S/C36H43N3O6/c1-23(40)38-29-14-12-26-21-32(43-2)35(44-3)36(45-4)34(26)27-13-15-30(31(41)22-28(27)29)37-18-8-11-33(42)39-19-16-25(17-20-39)24-9-6-5-7-10-24/h5-7,9-10,13,15,21-22,25,29H,8,11-12,14,16-20H2,1-4H3,(H,37,41)(H,38,40). The van der Waals surface area contributed by atoms with Crippen LogP contribution in [0.5, 0.6) is 17.2 Å². The van der Waals surface area contributed by atoms with Gasteiger partial charge in [0.25, 0.3) is 0 Å². The first-order chi connectivity index (χ1) is 21.8. The lowest BCUT2D eigenvalue weighted by molar-refractivity contribution is -0.132. The molecule has 0 bridgehead atoms. The van der Waals surface area contributed by atoms with Crippen LogP contribution in [-0.2, 0) is 16.0 Å². The summed E-state index contributed by atoms with van der Waals surface area (Å²) in [6, 6.07) is 17.3. The van der Waals surface area contributed by atoms with Gasteiger partial charge in [-0.15, -0.1) is 0 Å². The molecule has 1 aliphatic heterocycles. The van der Waals surface area contributed by atoms with Crippen LogP contribution in [0, 0.1) is 0 Å². The largest absolute Gasteiger partial charge is 0.493 e. The Bertz CT molecular complexity index is 1580. The molecule has 1 aliphatic carbocycles. The highest BCUT2D eigenvalue weighted by atomic mass is 16.5. The van der Waals surface area contributed by atoms with E-state index >= 15 is 0 Å². The number of aryl methyl sites for hydroxylation is 1. The summed E-state index contributed by atoms with van der Waals surface area (Å²) >= 11 is 0. The van der Waals surface area contributed by atoms with Crippen molar-refractivity contribution in [1.29, 1.82) is 0 Å². The second-order valence-electron chi connectivity index (χ2n) is 11.7. The third kappa shape index (κ3) is 7.08. The number of amides is 2. The van der Waals surface area contributed by atoms with E-state index in [0.29, 0.717) is 66.6 Å². The molecule has 1 heterocycles. The van der Waals surface area contributed by atoms with Crippen molar-refractivity contribution in [2.24, 2.45) is 0 Å². The number of fused-ring (bicyclic) bond motifs is 3. The molecule has 2 N–H and O–H groups in total. The predicted octanol–water partition coefficient (Wildman–Crippen LogP) is 5.46. The first-order valence-corrected chi connectivity index (χ1v) is 15.7. The van der Waals surface area contributed by atoms with Gasteiger partial charge in [-0.25, -0.2) is 0 Å². The van der Waals surface area contributed by atoms with E-state index < -0.39 is 0 Å². The fraction of sp³-hybridized carbons (Fsp3) is 0.417. The number of carbonyl (C=O) groups excluding carboxylic acids is 2. The third-order valence-electron chi connectivity index (χ3n) is 8.92. The van der Waals surface area contributed by atoms with Crippen molar-refractivity contribution >= 4 is 17.5 Å². The number of methoxy groups -OCH3 is 3. The number of nitrogens with zero attached hydrogens (tertiary/aromatic N) is 1. The zero-order valence-corrected chi connectivity index (χ0v) is 26.6. The Morgan fingerprint density at radius 3 is 2.31 bits per heavy atom. The third-order valence-corrected chi connectivity index (χ3v) is 8.92. The van der Waals surface area contributed by atoms with Crippen LogP contribution in [0.15, 0.2) is 59.4 Å². The van der Waals surface area contributed by atoms with Gasteiger partial charge >= 0.3 is 0 Å². The summed E-state index contributed by atoms with van der Waals surface area (Å²) in [5.74, 6) is 2.00. The van der Waals surface area contributed by atoms with E-state index in [0.717, 1.165) is 42.6 Å². The number of rotatable bonds is 10. The summed E-state index contributed by atoms with van der Waals surface area (Å²) in [6.07, 6.45) is 4.21. The van der Waals surface area contributed by atoms with Crippen molar-refractivity contribution in [2.75, 3.05) is 46.3 Å². The second-order valence-corrected chi connectivity index (χ2v) is 11.7. The summed E-state index contributed by atoms with van der Waals surface area (Å²) in [7, 11) is 4.72. The maximum absolute atomic E-state index is 13.5. The van der Waals surface area contributed by atoms with E-state index in [9.17, 15) is 14.4 Å². The molecule has 238 valence electrons. The lowest BCUT2D eigenvalue weighted by Gasteiger charge is -2.32. The van der Waals surface area contributed by atoms with Gasteiger partial charge in [-0.3, -0.25) is 14.4 Å². The SMILES string of the molecule is COc1cc2c(c(OC)c1OC)-c1ccc(NCCCC(=O)N3CCC(c4ccccc4)CC3)c(=O)cc1C(NC(C)=O)CC2. The molecule has 0 spiro atoms. The van der Waals surface area contributed by atoms with Gasteiger partial charge in [0, 0.05) is 38.5 Å². The van der Waals surface area contributed by atoms with Gasteiger partial charge in [-0.1, -0.05) is 36.4 Å². The molecule has 0 radical (unpaired) electrons. The summed E-state index contributed by atoms with van der Waals surface area (Å²) in [6.45, 7) is 3.50. The summed E-state index contributed by atoms with van der Waals surface area (Å²) in [5, 5.41) is 6.29. The Morgan fingerprint density at radius 2 is 1.64 bits per heavy atom. The van der Waals surface area contributed by atoms with E-state index in [1.807, 2.05) is 23.1 Å². The predicted molar refractivity (Wildman–Crippen MR) is 175 cm³/mol. The molecule has 1 unspecified atom stereocenters. The van der Waals surface area contributed by atoms with Crippen LogP contribution in [0.25, 0.3) is 11.1 Å². The zero-order chi connectivity index (χ0) is 31.9. The van der Waals surface area contributed by atoms with Crippen molar-refractivity contribution in [1.82, 2.24) is 10.2 Å². The highest BCUT2D eigenvalue weighted by molar-refractivity contribution is 5.84. The van der Waals surface area contributed by atoms with E-state index in [2.05, 4.69) is 34.9 Å². The zero-order valence-electron chi connectivity index (χ0n) is 26.6. The minimum atomic E-state index is -0.372. The Labute approximate surface area is 264 Å². The quantitative estimate of drug-likeness (QED) is 0.293. The molecule has 2 aliphatic rings. The number of nitrogens with one attached hydrogen (secondary N) is 2. The molecule has 1 fully saturated rings. The molecule has 5 rings (SSSR count). The minimum absolute atomic E-state index is 0.155. The average molecular weight is 614 g/mol. The fourth-order valence-electron chi connectivity index (χ4n) is 6.66. The van der Waals surface area contributed by atoms with Gasteiger partial charge in [-0.2, -0.15) is 0 Å². The average Bonchev–Trinajstić information content (AvgIpc) is 3.30. The molecule has 0 saturated carbocycles. The highest BCUT2D eigenvalue weighted by Gasteiger charge is 2.29. The van der Waals surface area contributed by atoms with Crippen molar-refractivity contribution in [3.63, 3.8) is 0 Å². The Balaban J connectivity index is 1.32. The first-order valence-electron chi connectivity index (χ1n) is 15.7. The Hall–Kier alpha value is -4.53. The molecule has 1 saturated heterocycles. The van der Waals surface area contributed by atoms with Crippen LogP contribution in [0.4, 0.5) is 5.69 Å². The molecule has 45 heavy (non-hydrogen) atoms. The lowest BCUT2D eigenvalue weighted by atomic mass is 9.89. The number of anilines is 1. The molecule has 0 aromatic heterocycles. The van der Waals surface area contributed by atoms with Crippen LogP contribution in [0.3, 0.4) is 0 Å². The number of piperidine rings is 1. The fourth-order valence-corrected chi connectivity index (χ4v) is 6.66. The maximum atomic E-state index is 13.5. The van der Waals surface area contributed by atoms with Crippen LogP contribution in [0.1, 0.15) is 67.7 Å². The summed E-state index contributed by atoms with van der Waals surface area (Å²) in [5.41, 5.74) is 4.85. The van der Waals surface area contributed by atoms with Gasteiger partial charge in [0.2, 0.25) is 23.0 Å². The van der Waals surface area contributed by atoms with Gasteiger partial charge in [0.05, 0.1) is 33.1 Å².